The van der Waals surface area contributed by atoms with Crippen molar-refractivity contribution < 1.29 is 19.1 Å². The summed E-state index contributed by atoms with van der Waals surface area (Å²) in [6.07, 6.45) is 2.78. The summed E-state index contributed by atoms with van der Waals surface area (Å²) in [4.78, 5) is 26.6. The van der Waals surface area contributed by atoms with Crippen molar-refractivity contribution in [2.75, 3.05) is 37.1 Å². The van der Waals surface area contributed by atoms with Crippen LogP contribution in [0.3, 0.4) is 0 Å². The van der Waals surface area contributed by atoms with Crippen LogP contribution in [0.1, 0.15) is 31.7 Å². The predicted molar refractivity (Wildman–Crippen MR) is 125 cm³/mol. The lowest BCUT2D eigenvalue weighted by Crippen LogP contribution is -2.43. The lowest BCUT2D eigenvalue weighted by Gasteiger charge is -2.32. The molecule has 2 amide bonds. The number of carbonyl (C=O) groups excluding carboxylic acids is 2. The Kier molecular flexibility index (Phi) is 7.87. The van der Waals surface area contributed by atoms with Crippen LogP contribution in [-0.4, -0.2) is 54.2 Å². The van der Waals surface area contributed by atoms with Gasteiger partial charge in [0, 0.05) is 26.2 Å². The van der Waals surface area contributed by atoms with Gasteiger partial charge in [-0.2, -0.15) is 0 Å². The molecule has 2 aromatic rings. The molecule has 4 rings (SSSR count). The summed E-state index contributed by atoms with van der Waals surface area (Å²) < 4.78 is 10.7. The standard InChI is InChI=1S/C23H29N5O4S/c1-2-9-24-23(30)17-4-3-10-28(13-17)20-7-8-22(27-26-20)33-14-21(29)25-12-16-5-6-18-19(11-16)32-15-31-18/h5-8,11,17H,2-4,9-10,12-15H2,1H3,(H,24,30)(H,25,29)/t17-/m0/s1. The Morgan fingerprint density at radius 2 is 2.03 bits per heavy atom. The molecule has 3 heterocycles. The molecule has 1 atom stereocenters. The molecule has 0 bridgehead atoms. The Morgan fingerprint density at radius 3 is 2.85 bits per heavy atom. The first-order valence-electron chi connectivity index (χ1n) is 11.3. The van der Waals surface area contributed by atoms with Crippen LogP contribution in [0, 0.1) is 5.92 Å². The third kappa shape index (κ3) is 6.28. The van der Waals surface area contributed by atoms with E-state index in [9.17, 15) is 9.59 Å². The highest BCUT2D eigenvalue weighted by Gasteiger charge is 2.26. The molecule has 1 aromatic heterocycles. The minimum Gasteiger partial charge on any atom is -0.454 e. The highest BCUT2D eigenvalue weighted by Crippen LogP contribution is 2.32. The van der Waals surface area contributed by atoms with Crippen molar-refractivity contribution in [1.82, 2.24) is 20.8 Å². The number of carbonyl (C=O) groups is 2. The van der Waals surface area contributed by atoms with Crippen LogP contribution in [0.4, 0.5) is 5.82 Å². The molecule has 0 spiro atoms. The van der Waals surface area contributed by atoms with E-state index in [4.69, 9.17) is 9.47 Å². The summed E-state index contributed by atoms with van der Waals surface area (Å²) >= 11 is 1.34. The van der Waals surface area contributed by atoms with Gasteiger partial charge in [0.15, 0.2) is 17.3 Å². The van der Waals surface area contributed by atoms with Crippen molar-refractivity contribution in [3.8, 4) is 11.5 Å². The van der Waals surface area contributed by atoms with Crippen molar-refractivity contribution in [3.63, 3.8) is 0 Å². The molecule has 1 saturated heterocycles. The lowest BCUT2D eigenvalue weighted by molar-refractivity contribution is -0.125. The van der Waals surface area contributed by atoms with Gasteiger partial charge in [-0.15, -0.1) is 10.2 Å². The average Bonchev–Trinajstić information content (AvgIpc) is 3.33. The monoisotopic (exact) mass is 471 g/mol. The minimum absolute atomic E-state index is 0.0189. The van der Waals surface area contributed by atoms with E-state index in [-0.39, 0.29) is 30.3 Å². The first kappa shape index (κ1) is 23.2. The number of thioether (sulfide) groups is 1. The largest absolute Gasteiger partial charge is 0.454 e. The van der Waals surface area contributed by atoms with Crippen LogP contribution in [0.5, 0.6) is 11.5 Å². The number of rotatable bonds is 9. The topological polar surface area (TPSA) is 106 Å². The fraction of sp³-hybridized carbons (Fsp3) is 0.478. The third-order valence-electron chi connectivity index (χ3n) is 5.57. The van der Waals surface area contributed by atoms with E-state index >= 15 is 0 Å². The SMILES string of the molecule is CCCNC(=O)[C@H]1CCCN(c2ccc(SCC(=O)NCc3ccc4c(c3)OCO4)nn2)C1. The lowest BCUT2D eigenvalue weighted by atomic mass is 9.97. The van der Waals surface area contributed by atoms with Gasteiger partial charge in [-0.05, 0) is 49.1 Å². The number of hydrogen-bond donors (Lipinski definition) is 2. The fourth-order valence-corrected chi connectivity index (χ4v) is 4.44. The van der Waals surface area contributed by atoms with E-state index in [0.717, 1.165) is 42.9 Å². The molecule has 2 N–H and O–H groups in total. The molecule has 9 nitrogen and oxygen atoms in total. The number of aromatic nitrogens is 2. The number of nitrogens with one attached hydrogen (secondary N) is 2. The number of benzene rings is 1. The van der Waals surface area contributed by atoms with Gasteiger partial charge >= 0.3 is 0 Å². The Morgan fingerprint density at radius 1 is 1.15 bits per heavy atom. The molecule has 0 saturated carbocycles. The summed E-state index contributed by atoms with van der Waals surface area (Å²) in [7, 11) is 0. The maximum Gasteiger partial charge on any atom is 0.231 e. The fourth-order valence-electron chi connectivity index (χ4n) is 3.79. The highest BCUT2D eigenvalue weighted by molar-refractivity contribution is 7.99. The van der Waals surface area contributed by atoms with Crippen molar-refractivity contribution in [1.29, 1.82) is 0 Å². The van der Waals surface area contributed by atoms with E-state index in [0.29, 0.717) is 30.4 Å². The number of ether oxygens (including phenoxy) is 2. The van der Waals surface area contributed by atoms with E-state index in [1.54, 1.807) is 0 Å². The Labute approximate surface area is 197 Å². The van der Waals surface area contributed by atoms with Crippen LogP contribution >= 0.6 is 11.8 Å². The first-order chi connectivity index (χ1) is 16.1. The molecule has 10 heteroatoms. The summed E-state index contributed by atoms with van der Waals surface area (Å²) in [5.41, 5.74) is 0.949. The van der Waals surface area contributed by atoms with Crippen LogP contribution < -0.4 is 25.0 Å². The van der Waals surface area contributed by atoms with Crippen molar-refractivity contribution in [3.05, 3.63) is 35.9 Å². The number of nitrogens with zero attached hydrogens (tertiary/aromatic N) is 3. The van der Waals surface area contributed by atoms with Gasteiger partial charge < -0.3 is 25.0 Å². The van der Waals surface area contributed by atoms with Gasteiger partial charge in [-0.3, -0.25) is 9.59 Å². The Balaban J connectivity index is 1.22. The van der Waals surface area contributed by atoms with E-state index in [1.807, 2.05) is 37.3 Å². The van der Waals surface area contributed by atoms with Gasteiger partial charge in [0.2, 0.25) is 18.6 Å². The molecule has 0 radical (unpaired) electrons. The number of amides is 2. The number of piperidine rings is 1. The summed E-state index contributed by atoms with van der Waals surface area (Å²) in [5.74, 6) is 2.46. The Hall–Kier alpha value is -3.01. The number of anilines is 1. The molecule has 33 heavy (non-hydrogen) atoms. The second-order valence-corrected chi connectivity index (χ2v) is 9.05. The smallest absolute Gasteiger partial charge is 0.231 e. The van der Waals surface area contributed by atoms with Crippen molar-refractivity contribution in [2.24, 2.45) is 5.92 Å². The molecule has 2 aliphatic rings. The van der Waals surface area contributed by atoms with Crippen molar-refractivity contribution >= 4 is 29.4 Å². The number of hydrogen-bond acceptors (Lipinski definition) is 8. The van der Waals surface area contributed by atoms with Gasteiger partial charge in [0.25, 0.3) is 0 Å². The minimum atomic E-state index is -0.0829. The summed E-state index contributed by atoms with van der Waals surface area (Å²) in [6, 6.07) is 9.41. The molecule has 2 aliphatic heterocycles. The van der Waals surface area contributed by atoms with Crippen molar-refractivity contribution in [2.45, 2.75) is 37.8 Å². The maximum absolute atomic E-state index is 12.3. The van der Waals surface area contributed by atoms with Crippen LogP contribution in [0.25, 0.3) is 0 Å². The zero-order valence-corrected chi connectivity index (χ0v) is 19.5. The second kappa shape index (κ2) is 11.2. The van der Waals surface area contributed by atoms with E-state index in [2.05, 4.69) is 25.7 Å². The number of fused-ring (bicyclic) bond motifs is 1. The van der Waals surface area contributed by atoms with Crippen LogP contribution in [-0.2, 0) is 16.1 Å². The van der Waals surface area contributed by atoms with Gasteiger partial charge in [-0.25, -0.2) is 0 Å². The molecular weight excluding hydrogens is 442 g/mol. The summed E-state index contributed by atoms with van der Waals surface area (Å²) in [6.45, 7) is 4.92. The first-order valence-corrected chi connectivity index (χ1v) is 12.3. The second-order valence-electron chi connectivity index (χ2n) is 8.06. The average molecular weight is 472 g/mol. The third-order valence-corrected chi connectivity index (χ3v) is 6.49. The van der Waals surface area contributed by atoms with Gasteiger partial charge in [0.1, 0.15) is 5.03 Å². The van der Waals surface area contributed by atoms with Gasteiger partial charge in [-0.1, -0.05) is 24.8 Å². The van der Waals surface area contributed by atoms with Crippen LogP contribution in [0.2, 0.25) is 0 Å². The normalized spacial score (nSPS) is 17.0. The predicted octanol–water partition coefficient (Wildman–Crippen LogP) is 2.36. The molecular formula is C23H29N5O4S. The molecule has 1 aromatic carbocycles. The van der Waals surface area contributed by atoms with E-state index < -0.39 is 0 Å². The van der Waals surface area contributed by atoms with Gasteiger partial charge in [0.05, 0.1) is 11.7 Å². The summed E-state index contributed by atoms with van der Waals surface area (Å²) in [5, 5.41) is 15.2. The zero-order chi connectivity index (χ0) is 23.0. The molecule has 176 valence electrons. The molecule has 0 unspecified atom stereocenters. The molecule has 1 fully saturated rings. The van der Waals surface area contributed by atoms with Crippen LogP contribution in [0.15, 0.2) is 35.4 Å². The maximum atomic E-state index is 12.3. The Bertz CT molecular complexity index is 972. The van der Waals surface area contributed by atoms with E-state index in [1.165, 1.54) is 11.8 Å². The zero-order valence-electron chi connectivity index (χ0n) is 18.7. The quantitative estimate of drug-likeness (QED) is 0.537. The molecule has 0 aliphatic carbocycles. The highest BCUT2D eigenvalue weighted by atomic mass is 32.2.